The number of rotatable bonds is 6. The van der Waals surface area contributed by atoms with E-state index in [4.69, 9.17) is 28.2 Å². The molecule has 3 heterocycles. The molecule has 1 fully saturated rings. The first-order valence-corrected chi connectivity index (χ1v) is 13.7. The van der Waals surface area contributed by atoms with Gasteiger partial charge in [-0.05, 0) is 64.9 Å². The number of aromatic nitrogens is 3. The maximum atomic E-state index is 12.9. The van der Waals surface area contributed by atoms with E-state index >= 15 is 0 Å². The number of hydrogen-bond acceptors (Lipinski definition) is 4. The summed E-state index contributed by atoms with van der Waals surface area (Å²) in [6.07, 6.45) is 3.72. The first kappa shape index (κ1) is 28.5. The Bertz CT molecular complexity index is 1450. The Hall–Kier alpha value is -2.52. The Morgan fingerprint density at radius 2 is 1.97 bits per heavy atom. The Kier molecular flexibility index (Phi) is 9.41. The summed E-state index contributed by atoms with van der Waals surface area (Å²) in [5.74, 6) is 1.12. The lowest BCUT2D eigenvalue weighted by atomic mass is 9.98. The Labute approximate surface area is 246 Å². The van der Waals surface area contributed by atoms with Gasteiger partial charge in [0, 0.05) is 47.9 Å². The lowest BCUT2D eigenvalue weighted by Crippen LogP contribution is -2.46. The molecule has 5 rings (SSSR count). The number of hydrogen-bond donors (Lipinski definition) is 2. The third-order valence-electron chi connectivity index (χ3n) is 6.60. The van der Waals surface area contributed by atoms with Gasteiger partial charge in [0.15, 0.2) is 5.65 Å². The number of benzene rings is 2. The second kappa shape index (κ2) is 12.6. The normalized spacial score (nSPS) is 15.3. The van der Waals surface area contributed by atoms with Crippen LogP contribution in [0.5, 0.6) is 0 Å². The standard InChI is InChI=1S/C27H27BrCl2N6O.ClH/c1-17-8-9-19(23(30)11-17)14-32-27(37)35-10-4-5-18(16-35)13-31-25-12-24(20-6-2-3-7-22(20)29)34-26-21(28)15-33-36(25)26;/h2-3,6-9,11-12,15,18,31H,4-5,10,13-14,16H2,1H3,(H,32,37);1H. The molecule has 1 aliphatic heterocycles. The molecule has 7 nitrogen and oxygen atoms in total. The maximum Gasteiger partial charge on any atom is 0.317 e. The van der Waals surface area contributed by atoms with Crippen molar-refractivity contribution in [3.8, 4) is 11.3 Å². The van der Waals surface area contributed by atoms with Crippen LogP contribution in [-0.4, -0.2) is 45.2 Å². The number of anilines is 1. The first-order chi connectivity index (χ1) is 17.9. The lowest BCUT2D eigenvalue weighted by Gasteiger charge is -2.33. The van der Waals surface area contributed by atoms with Gasteiger partial charge >= 0.3 is 6.03 Å². The fourth-order valence-corrected chi connectivity index (χ4v) is 5.49. The summed E-state index contributed by atoms with van der Waals surface area (Å²) in [7, 11) is 0. The topological polar surface area (TPSA) is 74.6 Å². The van der Waals surface area contributed by atoms with Gasteiger partial charge in [0.2, 0.25) is 0 Å². The van der Waals surface area contributed by atoms with E-state index in [1.165, 1.54) is 0 Å². The van der Waals surface area contributed by atoms with Crippen molar-refractivity contribution in [3.05, 3.63) is 80.4 Å². The number of fused-ring (bicyclic) bond motifs is 1. The summed E-state index contributed by atoms with van der Waals surface area (Å²) >= 11 is 16.3. The number of amides is 2. The quantitative estimate of drug-likeness (QED) is 0.234. The summed E-state index contributed by atoms with van der Waals surface area (Å²) in [6, 6.07) is 15.4. The molecule has 0 saturated carbocycles. The second-order valence-corrected chi connectivity index (χ2v) is 11.0. The van der Waals surface area contributed by atoms with Crippen molar-refractivity contribution in [3.63, 3.8) is 0 Å². The number of piperidine rings is 1. The summed E-state index contributed by atoms with van der Waals surface area (Å²) in [4.78, 5) is 19.6. The Morgan fingerprint density at radius 3 is 2.76 bits per heavy atom. The average Bonchev–Trinajstić information content (AvgIpc) is 3.27. The third-order valence-corrected chi connectivity index (χ3v) is 7.84. The molecular formula is C27H28BrCl3N6O. The van der Waals surface area contributed by atoms with Crippen LogP contribution in [0.3, 0.4) is 0 Å². The zero-order chi connectivity index (χ0) is 25.9. The summed E-state index contributed by atoms with van der Waals surface area (Å²) < 4.78 is 2.59. The maximum absolute atomic E-state index is 12.9. The second-order valence-electron chi connectivity index (χ2n) is 9.32. The summed E-state index contributed by atoms with van der Waals surface area (Å²) in [6.45, 7) is 4.52. The van der Waals surface area contributed by atoms with Crippen molar-refractivity contribution >= 4 is 69.0 Å². The van der Waals surface area contributed by atoms with Crippen LogP contribution < -0.4 is 10.6 Å². The Balaban J connectivity index is 0.00000336. The van der Waals surface area contributed by atoms with Crippen LogP contribution in [-0.2, 0) is 6.54 Å². The van der Waals surface area contributed by atoms with Crippen molar-refractivity contribution in [1.29, 1.82) is 0 Å². The van der Waals surface area contributed by atoms with Crippen LogP contribution >= 0.6 is 51.5 Å². The van der Waals surface area contributed by atoms with E-state index in [9.17, 15) is 4.79 Å². The SMILES string of the molecule is Cc1ccc(CNC(=O)N2CCCC(CNc3cc(-c4ccccc4Cl)nc4c(Br)cnn34)C2)c(Cl)c1.Cl. The van der Waals surface area contributed by atoms with Gasteiger partial charge in [0.1, 0.15) is 5.82 Å². The minimum Gasteiger partial charge on any atom is -0.370 e. The van der Waals surface area contributed by atoms with Crippen LogP contribution in [0, 0.1) is 12.8 Å². The summed E-state index contributed by atoms with van der Waals surface area (Å²) in [5.41, 5.74) is 4.34. The number of aryl methyl sites for hydroxylation is 1. The van der Waals surface area contributed by atoms with Crippen LogP contribution in [0.15, 0.2) is 59.2 Å². The molecule has 2 N–H and O–H groups in total. The molecule has 1 aliphatic rings. The van der Waals surface area contributed by atoms with Gasteiger partial charge in [-0.1, -0.05) is 53.5 Å². The van der Waals surface area contributed by atoms with Crippen molar-refractivity contribution in [2.45, 2.75) is 26.3 Å². The van der Waals surface area contributed by atoms with Gasteiger partial charge < -0.3 is 15.5 Å². The highest BCUT2D eigenvalue weighted by Gasteiger charge is 2.24. The molecule has 11 heteroatoms. The molecule has 2 amide bonds. The molecule has 0 radical (unpaired) electrons. The number of nitrogens with zero attached hydrogens (tertiary/aromatic N) is 4. The Morgan fingerprint density at radius 1 is 1.16 bits per heavy atom. The fourth-order valence-electron chi connectivity index (χ4n) is 4.61. The molecule has 200 valence electrons. The molecule has 4 aromatic rings. The largest absolute Gasteiger partial charge is 0.370 e. The number of carbonyl (C=O) groups excluding carboxylic acids is 1. The molecule has 0 bridgehead atoms. The van der Waals surface area contributed by atoms with Gasteiger partial charge in [-0.2, -0.15) is 9.61 Å². The van der Waals surface area contributed by atoms with Gasteiger partial charge in [0.05, 0.1) is 16.4 Å². The zero-order valence-corrected chi connectivity index (χ0v) is 24.7. The van der Waals surface area contributed by atoms with Crippen LogP contribution in [0.25, 0.3) is 16.9 Å². The molecule has 38 heavy (non-hydrogen) atoms. The van der Waals surface area contributed by atoms with E-state index < -0.39 is 0 Å². The minimum atomic E-state index is -0.0651. The van der Waals surface area contributed by atoms with E-state index in [1.807, 2.05) is 60.4 Å². The van der Waals surface area contributed by atoms with Crippen LogP contribution in [0.2, 0.25) is 10.0 Å². The molecule has 2 aromatic heterocycles. The number of carbonyl (C=O) groups is 1. The van der Waals surface area contributed by atoms with Gasteiger partial charge in [-0.3, -0.25) is 0 Å². The predicted octanol–water partition coefficient (Wildman–Crippen LogP) is 7.23. The van der Waals surface area contributed by atoms with E-state index in [0.717, 1.165) is 52.1 Å². The molecule has 0 aliphatic carbocycles. The van der Waals surface area contributed by atoms with Gasteiger partial charge in [-0.15, -0.1) is 12.4 Å². The van der Waals surface area contributed by atoms with E-state index in [2.05, 4.69) is 31.7 Å². The van der Waals surface area contributed by atoms with Crippen molar-refractivity contribution < 1.29 is 4.79 Å². The number of nitrogens with one attached hydrogen (secondary N) is 2. The van der Waals surface area contributed by atoms with Gasteiger partial charge in [-0.25, -0.2) is 9.78 Å². The fraction of sp³-hybridized carbons (Fsp3) is 0.296. The molecular weight excluding hydrogens is 611 g/mol. The van der Waals surface area contributed by atoms with E-state index in [1.54, 1.807) is 10.7 Å². The molecule has 1 atom stereocenters. The predicted molar refractivity (Wildman–Crippen MR) is 160 cm³/mol. The molecule has 2 aromatic carbocycles. The summed E-state index contributed by atoms with van der Waals surface area (Å²) in [5, 5.41) is 12.4. The van der Waals surface area contributed by atoms with Crippen molar-refractivity contribution in [2.75, 3.05) is 25.0 Å². The number of halogens is 4. The molecule has 1 unspecified atom stereocenters. The minimum absolute atomic E-state index is 0. The van der Waals surface area contributed by atoms with Crippen molar-refractivity contribution in [2.24, 2.45) is 5.92 Å². The number of urea groups is 1. The average molecular weight is 639 g/mol. The number of likely N-dealkylation sites (tertiary alicyclic amines) is 1. The highest BCUT2D eigenvalue weighted by Crippen LogP contribution is 2.30. The van der Waals surface area contributed by atoms with E-state index in [-0.39, 0.29) is 18.4 Å². The highest BCUT2D eigenvalue weighted by molar-refractivity contribution is 9.10. The highest BCUT2D eigenvalue weighted by atomic mass is 79.9. The van der Waals surface area contributed by atoms with Crippen LogP contribution in [0.4, 0.5) is 10.6 Å². The lowest BCUT2D eigenvalue weighted by molar-refractivity contribution is 0.168. The monoisotopic (exact) mass is 636 g/mol. The van der Waals surface area contributed by atoms with E-state index in [0.29, 0.717) is 41.2 Å². The smallest absolute Gasteiger partial charge is 0.317 e. The molecule has 0 spiro atoms. The van der Waals surface area contributed by atoms with Crippen LogP contribution in [0.1, 0.15) is 24.0 Å². The van der Waals surface area contributed by atoms with Gasteiger partial charge in [0.25, 0.3) is 0 Å². The third kappa shape index (κ3) is 6.37. The van der Waals surface area contributed by atoms with Crippen molar-refractivity contribution in [1.82, 2.24) is 24.8 Å². The molecule has 1 saturated heterocycles. The first-order valence-electron chi connectivity index (χ1n) is 12.2. The zero-order valence-electron chi connectivity index (χ0n) is 20.8.